The highest BCUT2D eigenvalue weighted by Crippen LogP contribution is 2.19. The van der Waals surface area contributed by atoms with Crippen molar-refractivity contribution in [3.05, 3.63) is 29.8 Å². The number of nitrogen functional groups attached to an aromatic ring is 1. The van der Waals surface area contributed by atoms with Crippen molar-refractivity contribution in [1.82, 2.24) is 4.98 Å². The molecule has 5 nitrogen and oxygen atoms in total. The lowest BCUT2D eigenvalue weighted by molar-refractivity contribution is -0.138. The fourth-order valence-electron chi connectivity index (χ4n) is 1.81. The van der Waals surface area contributed by atoms with Crippen LogP contribution in [0.5, 0.6) is 0 Å². The van der Waals surface area contributed by atoms with Crippen molar-refractivity contribution >= 4 is 22.7 Å². The number of benzene rings is 1. The van der Waals surface area contributed by atoms with Gasteiger partial charge in [0.15, 0.2) is 0 Å². The third kappa shape index (κ3) is 2.57. The number of carboxylic acids is 1. The van der Waals surface area contributed by atoms with Crippen molar-refractivity contribution in [2.75, 3.05) is 5.73 Å². The van der Waals surface area contributed by atoms with E-state index in [1.54, 1.807) is 0 Å². The summed E-state index contributed by atoms with van der Waals surface area (Å²) in [5.41, 5.74) is 13.1. The van der Waals surface area contributed by atoms with E-state index in [0.29, 0.717) is 18.7 Å². The largest absolute Gasteiger partial charge is 0.480 e. The van der Waals surface area contributed by atoms with Crippen molar-refractivity contribution < 1.29 is 9.90 Å². The van der Waals surface area contributed by atoms with Gasteiger partial charge in [-0.2, -0.15) is 0 Å². The Morgan fingerprint density at radius 3 is 2.88 bits per heavy atom. The number of hydrogen-bond donors (Lipinski definition) is 4. The highest BCUT2D eigenvalue weighted by atomic mass is 16.4. The first-order valence-corrected chi connectivity index (χ1v) is 5.42. The van der Waals surface area contributed by atoms with Crippen molar-refractivity contribution in [3.63, 3.8) is 0 Å². The molecule has 0 saturated heterocycles. The van der Waals surface area contributed by atoms with E-state index < -0.39 is 12.0 Å². The van der Waals surface area contributed by atoms with E-state index in [-0.39, 0.29) is 0 Å². The molecule has 5 heteroatoms. The summed E-state index contributed by atoms with van der Waals surface area (Å²) in [6.45, 7) is 0. The van der Waals surface area contributed by atoms with Gasteiger partial charge in [0.2, 0.25) is 0 Å². The summed E-state index contributed by atoms with van der Waals surface area (Å²) < 4.78 is 0. The van der Waals surface area contributed by atoms with Gasteiger partial charge < -0.3 is 21.6 Å². The standard InChI is InChI=1S/C12H15N3O2/c13-9(12(16)17)3-1-7-2-4-10-8(5-7)6-11(14)15-10/h2,4-6,9,15H,1,3,13-14H2,(H,16,17). The van der Waals surface area contributed by atoms with Gasteiger partial charge in [0.1, 0.15) is 11.9 Å². The number of aliphatic carboxylic acids is 1. The molecule has 0 aliphatic carbocycles. The maximum absolute atomic E-state index is 10.6. The summed E-state index contributed by atoms with van der Waals surface area (Å²) >= 11 is 0. The molecule has 0 amide bonds. The molecule has 0 fully saturated rings. The predicted molar refractivity (Wildman–Crippen MR) is 66.6 cm³/mol. The van der Waals surface area contributed by atoms with Gasteiger partial charge in [0, 0.05) is 10.9 Å². The van der Waals surface area contributed by atoms with Crippen LogP contribution in [0, 0.1) is 0 Å². The molecule has 17 heavy (non-hydrogen) atoms. The van der Waals surface area contributed by atoms with Crippen LogP contribution in [0.1, 0.15) is 12.0 Å². The second kappa shape index (κ2) is 4.47. The number of rotatable bonds is 4. The molecule has 2 rings (SSSR count). The molecule has 0 saturated carbocycles. The van der Waals surface area contributed by atoms with Crippen molar-refractivity contribution in [2.24, 2.45) is 5.73 Å². The minimum atomic E-state index is -0.961. The molecule has 90 valence electrons. The number of aromatic amines is 1. The molecular weight excluding hydrogens is 218 g/mol. The quantitative estimate of drug-likeness (QED) is 0.634. The number of nitrogens with one attached hydrogen (secondary N) is 1. The molecule has 1 heterocycles. The smallest absolute Gasteiger partial charge is 0.320 e. The van der Waals surface area contributed by atoms with Gasteiger partial charge in [-0.3, -0.25) is 4.79 Å². The third-order valence-corrected chi connectivity index (χ3v) is 2.77. The fourth-order valence-corrected chi connectivity index (χ4v) is 1.81. The van der Waals surface area contributed by atoms with E-state index in [2.05, 4.69) is 4.98 Å². The fraction of sp³-hybridized carbons (Fsp3) is 0.250. The average molecular weight is 233 g/mol. The molecule has 0 bridgehead atoms. The van der Waals surface area contributed by atoms with Crippen LogP contribution in [0.3, 0.4) is 0 Å². The first kappa shape index (κ1) is 11.5. The van der Waals surface area contributed by atoms with Gasteiger partial charge in [-0.15, -0.1) is 0 Å². The van der Waals surface area contributed by atoms with E-state index in [0.717, 1.165) is 16.5 Å². The summed E-state index contributed by atoms with van der Waals surface area (Å²) in [5.74, 6) is -0.337. The molecule has 0 radical (unpaired) electrons. The Morgan fingerprint density at radius 2 is 2.18 bits per heavy atom. The Balaban J connectivity index is 2.11. The van der Waals surface area contributed by atoms with E-state index in [1.165, 1.54) is 0 Å². The Morgan fingerprint density at radius 1 is 1.41 bits per heavy atom. The molecule has 0 aliphatic rings. The van der Waals surface area contributed by atoms with Gasteiger partial charge in [-0.05, 0) is 36.6 Å². The van der Waals surface area contributed by atoms with Crippen LogP contribution in [0.2, 0.25) is 0 Å². The molecule has 0 aliphatic heterocycles. The van der Waals surface area contributed by atoms with Crippen LogP contribution in [-0.2, 0) is 11.2 Å². The first-order valence-electron chi connectivity index (χ1n) is 5.42. The maximum Gasteiger partial charge on any atom is 0.320 e. The van der Waals surface area contributed by atoms with Gasteiger partial charge >= 0.3 is 5.97 Å². The molecule has 0 spiro atoms. The minimum absolute atomic E-state index is 0.431. The maximum atomic E-state index is 10.6. The minimum Gasteiger partial charge on any atom is -0.480 e. The predicted octanol–water partition coefficient (Wildman–Crippen LogP) is 1.09. The van der Waals surface area contributed by atoms with Gasteiger partial charge in [0.25, 0.3) is 0 Å². The zero-order chi connectivity index (χ0) is 12.4. The van der Waals surface area contributed by atoms with Gasteiger partial charge in [0.05, 0.1) is 0 Å². The van der Waals surface area contributed by atoms with Crippen LogP contribution in [-0.4, -0.2) is 22.1 Å². The van der Waals surface area contributed by atoms with Crippen molar-refractivity contribution in [1.29, 1.82) is 0 Å². The number of nitrogens with two attached hydrogens (primary N) is 2. The second-order valence-electron chi connectivity index (χ2n) is 4.13. The number of hydrogen-bond acceptors (Lipinski definition) is 3. The van der Waals surface area contributed by atoms with E-state index in [9.17, 15) is 4.79 Å². The Bertz CT molecular complexity index is 548. The van der Waals surface area contributed by atoms with Crippen LogP contribution < -0.4 is 11.5 Å². The SMILES string of the molecule is Nc1cc2cc(CCC(N)C(=O)O)ccc2[nH]1. The number of anilines is 1. The monoisotopic (exact) mass is 233 g/mol. The lowest BCUT2D eigenvalue weighted by Gasteiger charge is -2.06. The molecule has 1 aromatic heterocycles. The lowest BCUT2D eigenvalue weighted by atomic mass is 10.0. The summed E-state index contributed by atoms with van der Waals surface area (Å²) in [4.78, 5) is 13.6. The molecular formula is C12H15N3O2. The lowest BCUT2D eigenvalue weighted by Crippen LogP contribution is -2.30. The molecule has 1 unspecified atom stereocenters. The van der Waals surface area contributed by atoms with E-state index in [4.69, 9.17) is 16.6 Å². The zero-order valence-electron chi connectivity index (χ0n) is 9.31. The number of aryl methyl sites for hydroxylation is 1. The molecule has 1 aromatic carbocycles. The van der Waals surface area contributed by atoms with Crippen LogP contribution in [0.25, 0.3) is 10.9 Å². The highest BCUT2D eigenvalue weighted by Gasteiger charge is 2.11. The topological polar surface area (TPSA) is 105 Å². The molecule has 1 atom stereocenters. The summed E-state index contributed by atoms with van der Waals surface area (Å²) in [6, 6.07) is 6.94. The van der Waals surface area contributed by atoms with Gasteiger partial charge in [-0.25, -0.2) is 0 Å². The summed E-state index contributed by atoms with van der Waals surface area (Å²) in [7, 11) is 0. The number of fused-ring (bicyclic) bond motifs is 1. The average Bonchev–Trinajstić information content (AvgIpc) is 2.64. The van der Waals surface area contributed by atoms with Gasteiger partial charge in [-0.1, -0.05) is 6.07 Å². The van der Waals surface area contributed by atoms with Crippen molar-refractivity contribution in [2.45, 2.75) is 18.9 Å². The van der Waals surface area contributed by atoms with Crippen molar-refractivity contribution in [3.8, 4) is 0 Å². The van der Waals surface area contributed by atoms with Crippen LogP contribution in [0.15, 0.2) is 24.3 Å². The first-order chi connectivity index (χ1) is 8.06. The normalized spacial score (nSPS) is 12.8. The van der Waals surface area contributed by atoms with Crippen LogP contribution >= 0.6 is 0 Å². The van der Waals surface area contributed by atoms with E-state index >= 15 is 0 Å². The molecule has 6 N–H and O–H groups in total. The second-order valence-corrected chi connectivity index (χ2v) is 4.13. The zero-order valence-corrected chi connectivity index (χ0v) is 9.31. The molecule has 2 aromatic rings. The summed E-state index contributed by atoms with van der Waals surface area (Å²) in [6.07, 6.45) is 1.08. The highest BCUT2D eigenvalue weighted by molar-refractivity contribution is 5.83. The Kier molecular flexibility index (Phi) is 3.01. The number of H-pyrrole nitrogens is 1. The third-order valence-electron chi connectivity index (χ3n) is 2.77. The van der Waals surface area contributed by atoms with Crippen LogP contribution in [0.4, 0.5) is 5.82 Å². The Labute approximate surface area is 98.4 Å². The van der Waals surface area contributed by atoms with E-state index in [1.807, 2.05) is 24.3 Å². The number of aromatic nitrogens is 1. The number of carbonyl (C=O) groups is 1. The summed E-state index contributed by atoms with van der Waals surface area (Å²) in [5, 5.41) is 9.72. The number of carboxylic acid groups (broad SMARTS) is 1. The Hall–Kier alpha value is -2.01.